The lowest BCUT2D eigenvalue weighted by atomic mass is 10.2. The molecule has 0 bridgehead atoms. The maximum Gasteiger partial charge on any atom is 0.344 e. The lowest BCUT2D eigenvalue weighted by Gasteiger charge is -2.16. The van der Waals surface area contributed by atoms with Gasteiger partial charge in [0.1, 0.15) is 18.1 Å². The van der Waals surface area contributed by atoms with Gasteiger partial charge in [-0.1, -0.05) is 60.6 Å². The van der Waals surface area contributed by atoms with Gasteiger partial charge in [-0.05, 0) is 79.2 Å². The highest BCUT2D eigenvalue weighted by molar-refractivity contribution is 8.26. The first-order valence-electron chi connectivity index (χ1n) is 12.1. The van der Waals surface area contributed by atoms with Crippen LogP contribution in [0.4, 0.5) is 0 Å². The van der Waals surface area contributed by atoms with Crippen LogP contribution in [0.5, 0.6) is 11.5 Å². The Balaban J connectivity index is 1.37. The summed E-state index contributed by atoms with van der Waals surface area (Å²) < 4.78 is 11.5. The first kappa shape index (κ1) is 27.9. The molecule has 0 aliphatic carbocycles. The van der Waals surface area contributed by atoms with Crippen molar-refractivity contribution >= 4 is 52.2 Å². The van der Waals surface area contributed by atoms with Gasteiger partial charge in [0.15, 0.2) is 10.4 Å². The molecule has 0 saturated carbocycles. The number of carboxylic acid groups (broad SMARTS) is 1. The lowest BCUT2D eigenvalue weighted by Crippen LogP contribution is -2.44. The van der Waals surface area contributed by atoms with Crippen LogP contribution in [0.25, 0.3) is 6.08 Å². The van der Waals surface area contributed by atoms with Crippen LogP contribution < -0.4 is 14.9 Å². The molecule has 0 spiro atoms. The maximum atomic E-state index is 13.0. The number of hydrazine groups is 1. The minimum absolute atomic E-state index is 0.182. The third-order valence-electron chi connectivity index (χ3n) is 5.73. The van der Waals surface area contributed by atoms with Crippen molar-refractivity contribution in [2.24, 2.45) is 0 Å². The van der Waals surface area contributed by atoms with Gasteiger partial charge in [-0.3, -0.25) is 15.0 Å². The molecular formula is C29H26N2O6S2. The number of nitrogens with one attached hydrogen (secondary N) is 1. The van der Waals surface area contributed by atoms with Crippen LogP contribution in [0.15, 0.2) is 77.7 Å². The molecule has 10 heteroatoms. The zero-order chi connectivity index (χ0) is 27.9. The number of nitrogens with zero attached hydrogens (tertiary/aromatic N) is 1. The highest BCUT2D eigenvalue weighted by Crippen LogP contribution is 2.32. The van der Waals surface area contributed by atoms with Crippen molar-refractivity contribution in [1.29, 1.82) is 0 Å². The third-order valence-corrected chi connectivity index (χ3v) is 7.03. The Morgan fingerprint density at radius 3 is 2.46 bits per heavy atom. The van der Waals surface area contributed by atoms with Gasteiger partial charge in [0.2, 0.25) is 0 Å². The van der Waals surface area contributed by atoms with Gasteiger partial charge in [-0.2, -0.15) is 5.01 Å². The van der Waals surface area contributed by atoms with E-state index in [1.807, 2.05) is 31.2 Å². The quantitative estimate of drug-likeness (QED) is 0.251. The van der Waals surface area contributed by atoms with E-state index >= 15 is 0 Å². The van der Waals surface area contributed by atoms with Crippen LogP contribution >= 0.6 is 24.0 Å². The predicted molar refractivity (Wildman–Crippen MR) is 153 cm³/mol. The number of thioether (sulfide) groups is 1. The molecule has 3 aromatic rings. The Kier molecular flexibility index (Phi) is 9.00. The number of hydrogen-bond acceptors (Lipinski definition) is 7. The van der Waals surface area contributed by atoms with Crippen molar-refractivity contribution < 1.29 is 29.0 Å². The standard InChI is InChI=1S/C29H26N2O6S2/c1-3-24(28(34)35)37-23-6-4-5-20(15-23)16-25-27(33)31(29(38)39-25)30-26(32)21-11-13-22(14-12-21)36-17-19-9-7-18(2)8-10-19/h4-16,24H,3,17H2,1-2H3,(H,30,32)(H,34,35)/b25-16+. The molecular weight excluding hydrogens is 536 g/mol. The first-order valence-corrected chi connectivity index (χ1v) is 13.3. The summed E-state index contributed by atoms with van der Waals surface area (Å²) in [7, 11) is 0. The predicted octanol–water partition coefficient (Wildman–Crippen LogP) is 5.36. The summed E-state index contributed by atoms with van der Waals surface area (Å²) in [4.78, 5) is 37.4. The minimum Gasteiger partial charge on any atom is -0.489 e. The van der Waals surface area contributed by atoms with E-state index in [4.69, 9.17) is 21.7 Å². The van der Waals surface area contributed by atoms with E-state index in [0.717, 1.165) is 22.3 Å². The Morgan fingerprint density at radius 1 is 1.08 bits per heavy atom. The molecule has 1 aliphatic rings. The molecule has 0 aromatic heterocycles. The molecule has 1 heterocycles. The summed E-state index contributed by atoms with van der Waals surface area (Å²) in [6.07, 6.45) is 0.948. The van der Waals surface area contributed by atoms with E-state index < -0.39 is 23.9 Å². The molecule has 200 valence electrons. The minimum atomic E-state index is -1.05. The van der Waals surface area contributed by atoms with Crippen molar-refractivity contribution in [1.82, 2.24) is 10.4 Å². The highest BCUT2D eigenvalue weighted by Gasteiger charge is 2.33. The van der Waals surface area contributed by atoms with Gasteiger partial charge in [0.05, 0.1) is 4.91 Å². The van der Waals surface area contributed by atoms with E-state index in [9.17, 15) is 19.5 Å². The molecule has 1 aliphatic heterocycles. The van der Waals surface area contributed by atoms with Gasteiger partial charge < -0.3 is 14.6 Å². The van der Waals surface area contributed by atoms with E-state index in [-0.39, 0.29) is 4.32 Å². The van der Waals surface area contributed by atoms with Crippen LogP contribution in [0.1, 0.15) is 40.4 Å². The molecule has 1 atom stereocenters. The summed E-state index contributed by atoms with van der Waals surface area (Å²) in [5.41, 5.74) is 5.74. The molecule has 4 rings (SSSR count). The smallest absolute Gasteiger partial charge is 0.344 e. The number of carboxylic acids is 1. The number of carbonyl (C=O) groups is 3. The third kappa shape index (κ3) is 7.24. The number of ether oxygens (including phenoxy) is 2. The van der Waals surface area contributed by atoms with E-state index in [1.165, 1.54) is 5.56 Å². The number of carbonyl (C=O) groups excluding carboxylic acids is 2. The Bertz CT molecular complexity index is 1420. The van der Waals surface area contributed by atoms with Gasteiger partial charge in [0.25, 0.3) is 11.8 Å². The normalized spacial score (nSPS) is 14.8. The molecule has 0 radical (unpaired) electrons. The summed E-state index contributed by atoms with van der Waals surface area (Å²) in [6.45, 7) is 4.15. The summed E-state index contributed by atoms with van der Waals surface area (Å²) in [5.74, 6) is -1.04. The second-order valence-electron chi connectivity index (χ2n) is 8.68. The van der Waals surface area contributed by atoms with E-state index in [1.54, 1.807) is 61.5 Å². The Hall–Kier alpha value is -4.15. The van der Waals surface area contributed by atoms with Crippen LogP contribution in [0, 0.1) is 6.92 Å². The molecule has 2 N–H and O–H groups in total. The average Bonchev–Trinajstić information content (AvgIpc) is 3.18. The molecule has 3 aromatic carbocycles. The van der Waals surface area contributed by atoms with E-state index in [2.05, 4.69) is 5.43 Å². The highest BCUT2D eigenvalue weighted by atomic mass is 32.2. The van der Waals surface area contributed by atoms with Crippen molar-refractivity contribution in [2.45, 2.75) is 33.0 Å². The largest absolute Gasteiger partial charge is 0.489 e. The summed E-state index contributed by atoms with van der Waals surface area (Å²) in [5, 5.41) is 10.3. The van der Waals surface area contributed by atoms with Gasteiger partial charge in [0, 0.05) is 5.56 Å². The van der Waals surface area contributed by atoms with Crippen LogP contribution in [-0.2, 0) is 16.2 Å². The average molecular weight is 563 g/mol. The topological polar surface area (TPSA) is 105 Å². The van der Waals surface area contributed by atoms with E-state index in [0.29, 0.717) is 40.6 Å². The van der Waals surface area contributed by atoms with Crippen molar-refractivity contribution in [3.8, 4) is 11.5 Å². The number of thiocarbonyl (C=S) groups is 1. The fourth-order valence-corrected chi connectivity index (χ4v) is 4.76. The zero-order valence-corrected chi connectivity index (χ0v) is 22.9. The second kappa shape index (κ2) is 12.6. The SMILES string of the molecule is CCC(Oc1cccc(/C=C2/SC(=S)N(NC(=O)c3ccc(OCc4ccc(C)cc4)cc3)C2=O)c1)C(=O)O. The Morgan fingerprint density at radius 2 is 1.79 bits per heavy atom. The molecule has 1 fully saturated rings. The van der Waals surface area contributed by atoms with Crippen LogP contribution in [0.2, 0.25) is 0 Å². The molecule has 39 heavy (non-hydrogen) atoms. The van der Waals surface area contributed by atoms with Gasteiger partial charge in [-0.15, -0.1) is 0 Å². The molecule has 1 unspecified atom stereocenters. The summed E-state index contributed by atoms with van der Waals surface area (Å²) >= 11 is 6.37. The number of aliphatic carboxylic acids is 1. The fourth-order valence-electron chi connectivity index (χ4n) is 3.59. The summed E-state index contributed by atoms with van der Waals surface area (Å²) in [6, 6.07) is 21.4. The second-order valence-corrected chi connectivity index (χ2v) is 10.4. The number of benzene rings is 3. The molecule has 2 amide bonds. The van der Waals surface area contributed by atoms with Gasteiger partial charge in [-0.25, -0.2) is 4.79 Å². The number of aryl methyl sites for hydroxylation is 1. The molecule has 1 saturated heterocycles. The fraction of sp³-hybridized carbons (Fsp3) is 0.172. The van der Waals surface area contributed by atoms with Gasteiger partial charge >= 0.3 is 5.97 Å². The monoisotopic (exact) mass is 562 g/mol. The molecule has 8 nitrogen and oxygen atoms in total. The van der Waals surface area contributed by atoms with Crippen molar-refractivity contribution in [3.63, 3.8) is 0 Å². The van der Waals surface area contributed by atoms with Crippen LogP contribution in [-0.4, -0.2) is 38.3 Å². The lowest BCUT2D eigenvalue weighted by molar-refractivity contribution is -0.145. The maximum absolute atomic E-state index is 13.0. The van der Waals surface area contributed by atoms with Crippen LogP contribution in [0.3, 0.4) is 0 Å². The van der Waals surface area contributed by atoms with Crippen molar-refractivity contribution in [3.05, 3.63) is 100.0 Å². The Labute approximate surface area is 235 Å². The first-order chi connectivity index (χ1) is 18.7. The number of amides is 2. The van der Waals surface area contributed by atoms with Crippen molar-refractivity contribution in [2.75, 3.05) is 0 Å². The number of hydrogen-bond donors (Lipinski definition) is 2. The zero-order valence-electron chi connectivity index (χ0n) is 21.2. The number of rotatable bonds is 10.